The van der Waals surface area contributed by atoms with Crippen molar-refractivity contribution in [1.29, 1.82) is 0 Å². The topological polar surface area (TPSA) is 70.6 Å². The number of hydrogen-bond acceptors (Lipinski definition) is 3. The Kier molecular flexibility index (Phi) is 6.78. The predicted octanol–water partition coefficient (Wildman–Crippen LogP) is 3.86. The van der Waals surface area contributed by atoms with Gasteiger partial charge in [0.2, 0.25) is 11.8 Å². The number of hydrogen-bond donors (Lipinski definition) is 2. The van der Waals surface area contributed by atoms with Crippen molar-refractivity contribution in [1.82, 2.24) is 5.43 Å². The van der Waals surface area contributed by atoms with E-state index in [2.05, 4.69) is 15.8 Å². The van der Waals surface area contributed by atoms with Crippen LogP contribution in [0.5, 0.6) is 0 Å². The molecule has 0 saturated carbocycles. The third-order valence-corrected chi connectivity index (χ3v) is 3.45. The lowest BCUT2D eigenvalue weighted by Gasteiger charge is -2.05. The summed E-state index contributed by atoms with van der Waals surface area (Å²) in [6.45, 7) is 0. The van der Waals surface area contributed by atoms with Crippen LogP contribution in [0.4, 0.5) is 5.69 Å². The van der Waals surface area contributed by atoms with Crippen LogP contribution in [0.2, 0.25) is 10.0 Å². The van der Waals surface area contributed by atoms with Gasteiger partial charge in [0.15, 0.2) is 0 Å². The van der Waals surface area contributed by atoms with Gasteiger partial charge in [-0.05, 0) is 35.9 Å². The predicted molar refractivity (Wildman–Crippen MR) is 96.5 cm³/mol. The fourth-order valence-electron chi connectivity index (χ4n) is 1.80. The van der Waals surface area contributed by atoms with E-state index in [-0.39, 0.29) is 24.7 Å². The maximum atomic E-state index is 11.8. The zero-order valence-electron chi connectivity index (χ0n) is 12.6. The van der Waals surface area contributed by atoms with Gasteiger partial charge in [0.05, 0.1) is 6.21 Å². The first kappa shape index (κ1) is 18.0. The maximum Gasteiger partial charge on any atom is 0.240 e. The van der Waals surface area contributed by atoms with Crippen molar-refractivity contribution < 1.29 is 9.59 Å². The van der Waals surface area contributed by atoms with Crippen molar-refractivity contribution in [3.63, 3.8) is 0 Å². The number of carbonyl (C=O) groups is 2. The molecule has 24 heavy (non-hydrogen) atoms. The number of carbonyl (C=O) groups excluding carboxylic acids is 2. The summed E-state index contributed by atoms with van der Waals surface area (Å²) in [5, 5.41) is 7.66. The number of anilines is 1. The second kappa shape index (κ2) is 9.05. The molecule has 0 bridgehead atoms. The Morgan fingerprint density at radius 1 is 0.958 bits per heavy atom. The van der Waals surface area contributed by atoms with Crippen LogP contribution in [0, 0.1) is 0 Å². The molecule has 0 heterocycles. The second-order valence-electron chi connectivity index (χ2n) is 4.90. The molecule has 0 saturated heterocycles. The minimum atomic E-state index is -0.346. The minimum Gasteiger partial charge on any atom is -0.326 e. The zero-order chi connectivity index (χ0) is 17.4. The van der Waals surface area contributed by atoms with Gasteiger partial charge in [-0.3, -0.25) is 9.59 Å². The van der Waals surface area contributed by atoms with E-state index in [1.807, 2.05) is 0 Å². The first-order valence-electron chi connectivity index (χ1n) is 7.16. The molecule has 0 radical (unpaired) electrons. The lowest BCUT2D eigenvalue weighted by molar-refractivity contribution is -0.124. The first-order chi connectivity index (χ1) is 11.5. The molecule has 0 spiro atoms. The minimum absolute atomic E-state index is 0.0321. The largest absolute Gasteiger partial charge is 0.326 e. The van der Waals surface area contributed by atoms with E-state index in [4.69, 9.17) is 23.2 Å². The first-order valence-corrected chi connectivity index (χ1v) is 7.91. The standard InChI is InChI=1S/C17H15Cl2N3O2/c18-13-6-4-12(5-7-13)11-20-22-17(24)9-8-16(23)21-15-3-1-2-14(19)10-15/h1-7,10-11H,8-9H2,(H,21,23)(H,22,24). The van der Waals surface area contributed by atoms with E-state index in [0.717, 1.165) is 5.56 Å². The molecule has 124 valence electrons. The molecule has 0 aliphatic carbocycles. The number of benzene rings is 2. The highest BCUT2D eigenvalue weighted by atomic mass is 35.5. The summed E-state index contributed by atoms with van der Waals surface area (Å²) in [5.74, 6) is -0.615. The van der Waals surface area contributed by atoms with Crippen molar-refractivity contribution in [3.05, 3.63) is 64.1 Å². The van der Waals surface area contributed by atoms with Crippen LogP contribution in [-0.4, -0.2) is 18.0 Å². The summed E-state index contributed by atoms with van der Waals surface area (Å²) in [6, 6.07) is 13.8. The highest BCUT2D eigenvalue weighted by molar-refractivity contribution is 6.31. The molecule has 0 aliphatic heterocycles. The van der Waals surface area contributed by atoms with Gasteiger partial charge in [0.1, 0.15) is 0 Å². The van der Waals surface area contributed by atoms with Gasteiger partial charge in [0.25, 0.3) is 0 Å². The van der Waals surface area contributed by atoms with Crippen molar-refractivity contribution in [2.24, 2.45) is 5.10 Å². The lowest BCUT2D eigenvalue weighted by Crippen LogP contribution is -2.20. The van der Waals surface area contributed by atoms with E-state index in [1.165, 1.54) is 6.21 Å². The quantitative estimate of drug-likeness (QED) is 0.604. The third kappa shape index (κ3) is 6.40. The van der Waals surface area contributed by atoms with Crippen LogP contribution in [0.3, 0.4) is 0 Å². The Hall–Kier alpha value is -2.37. The molecule has 7 heteroatoms. The molecule has 2 rings (SSSR count). The van der Waals surface area contributed by atoms with Gasteiger partial charge in [0, 0.05) is 28.6 Å². The number of amides is 2. The fourth-order valence-corrected chi connectivity index (χ4v) is 2.12. The van der Waals surface area contributed by atoms with Gasteiger partial charge in [-0.15, -0.1) is 0 Å². The molecular weight excluding hydrogens is 349 g/mol. The number of nitrogens with one attached hydrogen (secondary N) is 2. The van der Waals surface area contributed by atoms with E-state index < -0.39 is 0 Å². The molecule has 2 amide bonds. The summed E-state index contributed by atoms with van der Waals surface area (Å²) in [4.78, 5) is 23.4. The Balaban J connectivity index is 1.72. The van der Waals surface area contributed by atoms with Gasteiger partial charge < -0.3 is 5.32 Å². The molecule has 0 atom stereocenters. The van der Waals surface area contributed by atoms with E-state index in [1.54, 1.807) is 48.5 Å². The average Bonchev–Trinajstić information content (AvgIpc) is 2.55. The molecule has 0 aromatic heterocycles. The highest BCUT2D eigenvalue weighted by Gasteiger charge is 2.07. The van der Waals surface area contributed by atoms with E-state index >= 15 is 0 Å². The van der Waals surface area contributed by atoms with Crippen LogP contribution in [0.1, 0.15) is 18.4 Å². The average molecular weight is 364 g/mol. The van der Waals surface area contributed by atoms with Crippen LogP contribution < -0.4 is 10.7 Å². The van der Waals surface area contributed by atoms with Crippen molar-refractivity contribution in [3.8, 4) is 0 Å². The zero-order valence-corrected chi connectivity index (χ0v) is 14.1. The molecular formula is C17H15Cl2N3O2. The number of rotatable bonds is 6. The third-order valence-electron chi connectivity index (χ3n) is 2.96. The molecule has 0 fully saturated rings. The number of halogens is 2. The molecule has 2 N–H and O–H groups in total. The van der Waals surface area contributed by atoms with E-state index in [9.17, 15) is 9.59 Å². The molecule has 2 aromatic carbocycles. The second-order valence-corrected chi connectivity index (χ2v) is 5.78. The van der Waals surface area contributed by atoms with Crippen LogP contribution >= 0.6 is 23.2 Å². The fraction of sp³-hybridized carbons (Fsp3) is 0.118. The Morgan fingerprint density at radius 2 is 1.67 bits per heavy atom. The Labute approximate surface area is 149 Å². The molecule has 2 aromatic rings. The van der Waals surface area contributed by atoms with Crippen LogP contribution in [-0.2, 0) is 9.59 Å². The summed E-state index contributed by atoms with van der Waals surface area (Å²) in [7, 11) is 0. The summed E-state index contributed by atoms with van der Waals surface area (Å²) in [5.41, 5.74) is 3.77. The smallest absolute Gasteiger partial charge is 0.240 e. The van der Waals surface area contributed by atoms with Gasteiger partial charge in [-0.1, -0.05) is 41.4 Å². The molecule has 0 unspecified atom stereocenters. The van der Waals surface area contributed by atoms with Gasteiger partial charge >= 0.3 is 0 Å². The summed E-state index contributed by atoms with van der Waals surface area (Å²) < 4.78 is 0. The molecule has 5 nitrogen and oxygen atoms in total. The lowest BCUT2D eigenvalue weighted by atomic mass is 10.2. The van der Waals surface area contributed by atoms with Gasteiger partial charge in [-0.25, -0.2) is 5.43 Å². The SMILES string of the molecule is O=C(CCC(=O)Nc1cccc(Cl)c1)NN=Cc1ccc(Cl)cc1. The summed E-state index contributed by atoms with van der Waals surface area (Å²) >= 11 is 11.6. The number of nitrogens with zero attached hydrogens (tertiary/aromatic N) is 1. The Morgan fingerprint density at radius 3 is 2.38 bits per heavy atom. The number of hydrazone groups is 1. The van der Waals surface area contributed by atoms with Crippen molar-refractivity contribution in [2.45, 2.75) is 12.8 Å². The van der Waals surface area contributed by atoms with Crippen LogP contribution in [0.25, 0.3) is 0 Å². The molecule has 0 aliphatic rings. The maximum absolute atomic E-state index is 11.8. The highest BCUT2D eigenvalue weighted by Crippen LogP contribution is 2.15. The van der Waals surface area contributed by atoms with Crippen molar-refractivity contribution in [2.75, 3.05) is 5.32 Å². The monoisotopic (exact) mass is 363 g/mol. The summed E-state index contributed by atoms with van der Waals surface area (Å²) in [6.07, 6.45) is 1.58. The van der Waals surface area contributed by atoms with Crippen LogP contribution in [0.15, 0.2) is 53.6 Å². The van der Waals surface area contributed by atoms with Gasteiger partial charge in [-0.2, -0.15) is 5.10 Å². The van der Waals surface area contributed by atoms with Crippen molar-refractivity contribution >= 4 is 46.9 Å². The van der Waals surface area contributed by atoms with E-state index in [0.29, 0.717) is 15.7 Å². The Bertz CT molecular complexity index is 746. The normalized spacial score (nSPS) is 10.6.